The molecular weight excluding hydrogens is 250 g/mol. The molecule has 0 radical (unpaired) electrons. The molecule has 1 rings (SSSR count). The zero-order valence-electron chi connectivity index (χ0n) is 11.5. The van der Waals surface area contributed by atoms with Crippen LogP contribution in [0.5, 0.6) is 0 Å². The molecule has 0 aromatic heterocycles. The van der Waals surface area contributed by atoms with Crippen molar-refractivity contribution in [1.82, 2.24) is 14.7 Å². The van der Waals surface area contributed by atoms with E-state index in [2.05, 4.69) is 0 Å². The number of carbonyl (C=O) groups excluding carboxylic acids is 3. The topological polar surface area (TPSA) is 81.2 Å². The van der Waals surface area contributed by atoms with Gasteiger partial charge in [-0.1, -0.05) is 0 Å². The highest BCUT2D eigenvalue weighted by molar-refractivity contribution is 6.04. The molecule has 1 N–H and O–H groups in total. The Kier molecular flexibility index (Phi) is 5.75. The Bertz CT molecular complexity index is 359. The first-order valence-electron chi connectivity index (χ1n) is 6.37. The Balaban J connectivity index is 2.37. The van der Waals surface area contributed by atoms with Crippen LogP contribution in [0.2, 0.25) is 0 Å². The molecule has 0 aromatic rings. The van der Waals surface area contributed by atoms with Crippen molar-refractivity contribution in [2.24, 2.45) is 0 Å². The molecule has 4 amide bonds. The predicted molar refractivity (Wildman–Crippen MR) is 68.3 cm³/mol. The van der Waals surface area contributed by atoms with Gasteiger partial charge in [-0.3, -0.25) is 14.5 Å². The number of unbranched alkanes of at least 4 members (excludes halogenated alkanes) is 2. The summed E-state index contributed by atoms with van der Waals surface area (Å²) in [5.74, 6) is -0.587. The van der Waals surface area contributed by atoms with Gasteiger partial charge in [0.15, 0.2) is 0 Å². The molecule has 108 valence electrons. The maximum Gasteiger partial charge on any atom is 0.327 e. The normalized spacial score (nSPS) is 15.3. The molecule has 1 aliphatic heterocycles. The molecule has 0 aromatic carbocycles. The van der Waals surface area contributed by atoms with Gasteiger partial charge in [0.05, 0.1) is 0 Å². The number of urea groups is 1. The molecule has 0 atom stereocenters. The summed E-state index contributed by atoms with van der Waals surface area (Å²) in [4.78, 5) is 38.8. The minimum atomic E-state index is -0.424. The van der Waals surface area contributed by atoms with Crippen LogP contribution in [0.3, 0.4) is 0 Å². The van der Waals surface area contributed by atoms with E-state index in [-0.39, 0.29) is 31.5 Å². The first kappa shape index (κ1) is 15.4. The van der Waals surface area contributed by atoms with Gasteiger partial charge in [-0.2, -0.15) is 0 Å². The lowest BCUT2D eigenvalue weighted by Crippen LogP contribution is -2.42. The van der Waals surface area contributed by atoms with Crippen LogP contribution in [0, 0.1) is 0 Å². The van der Waals surface area contributed by atoms with E-state index in [0.717, 1.165) is 24.2 Å². The quantitative estimate of drug-likeness (QED) is 0.500. The molecule has 1 heterocycles. The van der Waals surface area contributed by atoms with E-state index in [4.69, 9.17) is 5.11 Å². The van der Waals surface area contributed by atoms with Gasteiger partial charge in [0, 0.05) is 27.2 Å². The third kappa shape index (κ3) is 4.20. The van der Waals surface area contributed by atoms with E-state index in [1.54, 1.807) is 7.05 Å². The first-order valence-corrected chi connectivity index (χ1v) is 6.37. The molecule has 7 heteroatoms. The van der Waals surface area contributed by atoms with E-state index in [1.165, 1.54) is 16.8 Å². The number of likely N-dealkylation sites (N-methyl/N-ethyl adjacent to an activating group) is 2. The van der Waals surface area contributed by atoms with Crippen LogP contribution in [0.4, 0.5) is 4.79 Å². The zero-order valence-corrected chi connectivity index (χ0v) is 11.5. The zero-order chi connectivity index (χ0) is 14.4. The fourth-order valence-corrected chi connectivity index (χ4v) is 1.84. The van der Waals surface area contributed by atoms with Crippen molar-refractivity contribution in [3.05, 3.63) is 0 Å². The Morgan fingerprint density at radius 3 is 2.53 bits per heavy atom. The highest BCUT2D eigenvalue weighted by atomic mass is 16.3. The summed E-state index contributed by atoms with van der Waals surface area (Å²) in [5, 5.41) is 8.65. The molecule has 1 saturated heterocycles. The maximum atomic E-state index is 11.9. The first-order chi connectivity index (χ1) is 8.97. The van der Waals surface area contributed by atoms with Crippen LogP contribution in [-0.4, -0.2) is 78.0 Å². The summed E-state index contributed by atoms with van der Waals surface area (Å²) < 4.78 is 0. The molecule has 7 nitrogen and oxygen atoms in total. The molecule has 0 spiro atoms. The summed E-state index contributed by atoms with van der Waals surface area (Å²) in [7, 11) is 3.18. The largest absolute Gasteiger partial charge is 0.396 e. The molecular formula is C12H21N3O4. The van der Waals surface area contributed by atoms with Gasteiger partial charge in [-0.15, -0.1) is 0 Å². The number of nitrogens with zero attached hydrogens (tertiary/aromatic N) is 3. The van der Waals surface area contributed by atoms with Gasteiger partial charge in [-0.25, -0.2) is 4.79 Å². The van der Waals surface area contributed by atoms with Crippen LogP contribution in [0.15, 0.2) is 0 Å². The van der Waals surface area contributed by atoms with Gasteiger partial charge in [0.25, 0.3) is 5.91 Å². The third-order valence-corrected chi connectivity index (χ3v) is 3.10. The lowest BCUT2D eigenvalue weighted by molar-refractivity contribution is -0.135. The number of amides is 4. The Morgan fingerprint density at radius 2 is 2.00 bits per heavy atom. The van der Waals surface area contributed by atoms with Gasteiger partial charge in [0.1, 0.15) is 13.1 Å². The molecule has 19 heavy (non-hydrogen) atoms. The smallest absolute Gasteiger partial charge is 0.327 e. The Hall–Kier alpha value is -1.63. The summed E-state index contributed by atoms with van der Waals surface area (Å²) in [6.07, 6.45) is 2.36. The summed E-state index contributed by atoms with van der Waals surface area (Å²) in [6, 6.07) is -0.424. The van der Waals surface area contributed by atoms with E-state index in [9.17, 15) is 14.4 Å². The maximum absolute atomic E-state index is 11.9. The number of hydrogen-bond acceptors (Lipinski definition) is 4. The van der Waals surface area contributed by atoms with Gasteiger partial charge in [-0.05, 0) is 19.3 Å². The molecule has 1 fully saturated rings. The van der Waals surface area contributed by atoms with Crippen LogP contribution < -0.4 is 0 Å². The van der Waals surface area contributed by atoms with Crippen molar-refractivity contribution in [3.8, 4) is 0 Å². The van der Waals surface area contributed by atoms with E-state index >= 15 is 0 Å². The monoisotopic (exact) mass is 271 g/mol. The van der Waals surface area contributed by atoms with Crippen LogP contribution in [-0.2, 0) is 9.59 Å². The second-order valence-electron chi connectivity index (χ2n) is 4.72. The Labute approximate surface area is 112 Å². The summed E-state index contributed by atoms with van der Waals surface area (Å²) in [6.45, 7) is 0.552. The third-order valence-electron chi connectivity index (χ3n) is 3.10. The fraction of sp³-hybridized carbons (Fsp3) is 0.750. The van der Waals surface area contributed by atoms with Crippen molar-refractivity contribution in [2.45, 2.75) is 19.3 Å². The number of aliphatic hydroxyl groups excluding tert-OH is 1. The minimum Gasteiger partial charge on any atom is -0.396 e. The minimum absolute atomic E-state index is 0.0341. The van der Waals surface area contributed by atoms with Crippen molar-refractivity contribution >= 4 is 17.8 Å². The lowest BCUT2D eigenvalue weighted by Gasteiger charge is -2.20. The van der Waals surface area contributed by atoms with Crippen molar-refractivity contribution in [1.29, 1.82) is 0 Å². The van der Waals surface area contributed by atoms with E-state index in [0.29, 0.717) is 6.54 Å². The lowest BCUT2D eigenvalue weighted by atomic mass is 10.2. The Morgan fingerprint density at radius 1 is 1.32 bits per heavy atom. The van der Waals surface area contributed by atoms with Crippen LogP contribution in [0.25, 0.3) is 0 Å². The van der Waals surface area contributed by atoms with Gasteiger partial charge < -0.3 is 14.9 Å². The number of imide groups is 1. The number of carbonyl (C=O) groups is 3. The summed E-state index contributed by atoms with van der Waals surface area (Å²) in [5.41, 5.74) is 0. The molecule has 0 unspecified atom stereocenters. The van der Waals surface area contributed by atoms with E-state index < -0.39 is 6.03 Å². The van der Waals surface area contributed by atoms with Crippen molar-refractivity contribution < 1.29 is 19.5 Å². The average molecular weight is 271 g/mol. The van der Waals surface area contributed by atoms with Crippen LogP contribution in [0.1, 0.15) is 19.3 Å². The van der Waals surface area contributed by atoms with Gasteiger partial charge >= 0.3 is 6.03 Å². The van der Waals surface area contributed by atoms with Crippen molar-refractivity contribution in [3.63, 3.8) is 0 Å². The highest BCUT2D eigenvalue weighted by Crippen LogP contribution is 2.08. The molecule has 0 bridgehead atoms. The van der Waals surface area contributed by atoms with Crippen LogP contribution >= 0.6 is 0 Å². The number of rotatable bonds is 7. The summed E-state index contributed by atoms with van der Waals surface area (Å²) >= 11 is 0. The standard InChI is InChI=1S/C12H21N3O4/c1-13(6-4-3-5-7-16)10(17)9-15-11(18)8-14(2)12(15)19/h16H,3-9H2,1-2H3. The average Bonchev–Trinajstić information content (AvgIpc) is 2.61. The highest BCUT2D eigenvalue weighted by Gasteiger charge is 2.35. The van der Waals surface area contributed by atoms with E-state index in [1.807, 2.05) is 0 Å². The molecule has 1 aliphatic rings. The van der Waals surface area contributed by atoms with Gasteiger partial charge in [0.2, 0.25) is 5.91 Å². The second kappa shape index (κ2) is 7.08. The SMILES string of the molecule is CN(CCCCCO)C(=O)CN1C(=O)CN(C)C1=O. The van der Waals surface area contributed by atoms with Crippen molar-refractivity contribution in [2.75, 3.05) is 40.3 Å². The fourth-order valence-electron chi connectivity index (χ4n) is 1.84. The number of hydrogen-bond donors (Lipinski definition) is 1. The second-order valence-corrected chi connectivity index (χ2v) is 4.72. The molecule has 0 aliphatic carbocycles. The molecule has 0 saturated carbocycles. The predicted octanol–water partition coefficient (Wildman–Crippen LogP) is -0.499. The number of aliphatic hydroxyl groups is 1.